The van der Waals surface area contributed by atoms with Crippen molar-refractivity contribution in [2.45, 2.75) is 18.9 Å². The molecular weight excluding hydrogens is 526 g/mol. The molecule has 0 atom stereocenters. The molecule has 198 valence electrons. The van der Waals surface area contributed by atoms with E-state index in [9.17, 15) is 39.9 Å². The second-order valence-corrected chi connectivity index (χ2v) is 8.08. The van der Waals surface area contributed by atoms with Crippen molar-refractivity contribution < 1.29 is 45.0 Å². The molecule has 4 aromatic rings. The van der Waals surface area contributed by atoms with Gasteiger partial charge in [-0.05, 0) is 60.7 Å². The highest BCUT2D eigenvalue weighted by Crippen LogP contribution is 2.38. The van der Waals surface area contributed by atoms with Crippen molar-refractivity contribution in [2.75, 3.05) is 5.32 Å². The Morgan fingerprint density at radius 2 is 1.45 bits per heavy atom. The number of benzene rings is 3. The van der Waals surface area contributed by atoms with Crippen molar-refractivity contribution in [2.24, 2.45) is 0 Å². The summed E-state index contributed by atoms with van der Waals surface area (Å²) in [7, 11) is 0. The van der Waals surface area contributed by atoms with Gasteiger partial charge in [-0.1, -0.05) is 0 Å². The summed E-state index contributed by atoms with van der Waals surface area (Å²) in [6.45, 7) is -0.347. The maximum Gasteiger partial charge on any atom is 0.416 e. The standard InChI is InChI=1S/C25H15F8N3O2/c26-20-6-3-14(7-21(20)27)22-15(12-36(35-22)19-4-1-13(2-5-19)23(37)38)11-34-18-9-16(24(28,29)30)8-17(10-18)25(31,32)33/h1-10,12,34H,11H2,(H,37,38). The number of hydrogen-bond donors (Lipinski definition) is 2. The summed E-state index contributed by atoms with van der Waals surface area (Å²) in [6.07, 6.45) is -8.71. The van der Waals surface area contributed by atoms with Crippen LogP contribution in [0.3, 0.4) is 0 Å². The molecule has 2 N–H and O–H groups in total. The molecule has 5 nitrogen and oxygen atoms in total. The summed E-state index contributed by atoms with van der Waals surface area (Å²) in [5.74, 6) is -3.51. The number of aromatic nitrogens is 2. The van der Waals surface area contributed by atoms with Crippen LogP contribution in [0.5, 0.6) is 0 Å². The second-order valence-electron chi connectivity index (χ2n) is 8.08. The van der Waals surface area contributed by atoms with Crippen molar-refractivity contribution in [3.63, 3.8) is 0 Å². The monoisotopic (exact) mass is 541 g/mol. The van der Waals surface area contributed by atoms with Crippen LogP contribution in [0.25, 0.3) is 16.9 Å². The highest BCUT2D eigenvalue weighted by molar-refractivity contribution is 5.87. The van der Waals surface area contributed by atoms with Crippen LogP contribution in [0, 0.1) is 11.6 Å². The van der Waals surface area contributed by atoms with E-state index in [4.69, 9.17) is 5.11 Å². The average Bonchev–Trinajstić information content (AvgIpc) is 3.27. The summed E-state index contributed by atoms with van der Waals surface area (Å²) in [5.41, 5.74) is -2.82. The molecule has 0 amide bonds. The number of nitrogens with one attached hydrogen (secondary N) is 1. The maximum absolute atomic E-state index is 13.9. The van der Waals surface area contributed by atoms with Gasteiger partial charge in [0.05, 0.1) is 28.1 Å². The second kappa shape index (κ2) is 9.80. The van der Waals surface area contributed by atoms with Crippen LogP contribution in [0.15, 0.2) is 66.9 Å². The predicted octanol–water partition coefficient (Wildman–Crippen LogP) is 7.17. The molecule has 1 heterocycles. The number of nitrogens with zero attached hydrogens (tertiary/aromatic N) is 2. The van der Waals surface area contributed by atoms with E-state index in [1.807, 2.05) is 0 Å². The fourth-order valence-corrected chi connectivity index (χ4v) is 3.57. The Hall–Kier alpha value is -4.42. The number of carboxylic acids is 1. The Morgan fingerprint density at radius 1 is 0.842 bits per heavy atom. The van der Waals surface area contributed by atoms with Crippen LogP contribution < -0.4 is 5.32 Å². The van der Waals surface area contributed by atoms with Gasteiger partial charge < -0.3 is 10.4 Å². The van der Waals surface area contributed by atoms with Crippen molar-refractivity contribution in [3.8, 4) is 16.9 Å². The first-order chi connectivity index (χ1) is 17.7. The molecule has 0 radical (unpaired) electrons. The van der Waals surface area contributed by atoms with Gasteiger partial charge in [-0.15, -0.1) is 0 Å². The molecule has 0 saturated heterocycles. The lowest BCUT2D eigenvalue weighted by molar-refractivity contribution is -0.143. The van der Waals surface area contributed by atoms with E-state index in [1.54, 1.807) is 0 Å². The van der Waals surface area contributed by atoms with Crippen LogP contribution in [-0.2, 0) is 18.9 Å². The Kier molecular flexibility index (Phi) is 6.87. The molecule has 13 heteroatoms. The fourth-order valence-electron chi connectivity index (χ4n) is 3.57. The van der Waals surface area contributed by atoms with Gasteiger partial charge in [-0.3, -0.25) is 0 Å². The average molecular weight is 541 g/mol. The zero-order valence-electron chi connectivity index (χ0n) is 18.8. The topological polar surface area (TPSA) is 67.2 Å². The maximum atomic E-state index is 13.9. The summed E-state index contributed by atoms with van der Waals surface area (Å²) in [5, 5.41) is 15.9. The minimum absolute atomic E-state index is 0.00326. The van der Waals surface area contributed by atoms with E-state index in [-0.39, 0.29) is 35.0 Å². The first-order valence-corrected chi connectivity index (χ1v) is 10.6. The van der Waals surface area contributed by atoms with E-state index in [2.05, 4.69) is 10.4 Å². The smallest absolute Gasteiger partial charge is 0.416 e. The number of aromatic carboxylic acids is 1. The molecule has 0 spiro atoms. The molecule has 0 fully saturated rings. The number of hydrogen-bond acceptors (Lipinski definition) is 3. The zero-order chi connectivity index (χ0) is 27.8. The van der Waals surface area contributed by atoms with Crippen LogP contribution in [0.1, 0.15) is 27.0 Å². The quantitative estimate of drug-likeness (QED) is 0.254. The van der Waals surface area contributed by atoms with E-state index in [1.165, 1.54) is 41.2 Å². The number of halogens is 8. The number of alkyl halides is 6. The summed E-state index contributed by atoms with van der Waals surface area (Å²) < 4.78 is 108. The SMILES string of the molecule is O=C(O)c1ccc(-n2cc(CNc3cc(C(F)(F)F)cc(C(F)(F)F)c3)c(-c3ccc(F)c(F)c3)n2)cc1. The molecule has 0 aliphatic carbocycles. The van der Waals surface area contributed by atoms with Crippen LogP contribution in [-0.4, -0.2) is 20.9 Å². The Bertz CT molecular complexity index is 1460. The Balaban J connectivity index is 1.74. The molecule has 0 unspecified atom stereocenters. The Morgan fingerprint density at radius 3 is 1.97 bits per heavy atom. The van der Waals surface area contributed by atoms with Crippen molar-refractivity contribution in [1.82, 2.24) is 9.78 Å². The number of carbonyl (C=O) groups is 1. The molecule has 0 bridgehead atoms. The number of carboxylic acid groups (broad SMARTS) is 1. The molecular formula is C25H15F8N3O2. The zero-order valence-corrected chi connectivity index (χ0v) is 18.8. The molecule has 3 aromatic carbocycles. The van der Waals surface area contributed by atoms with Crippen molar-refractivity contribution >= 4 is 11.7 Å². The van der Waals surface area contributed by atoms with Crippen molar-refractivity contribution in [3.05, 3.63) is 101 Å². The summed E-state index contributed by atoms with van der Waals surface area (Å²) in [4.78, 5) is 11.1. The molecule has 0 saturated carbocycles. The van der Waals surface area contributed by atoms with Gasteiger partial charge in [0.25, 0.3) is 0 Å². The lowest BCUT2D eigenvalue weighted by Crippen LogP contribution is -2.12. The lowest BCUT2D eigenvalue weighted by Gasteiger charge is -2.15. The van der Waals surface area contributed by atoms with Crippen LogP contribution in [0.2, 0.25) is 0 Å². The summed E-state index contributed by atoms with van der Waals surface area (Å²) >= 11 is 0. The third-order valence-electron chi connectivity index (χ3n) is 5.43. The van der Waals surface area contributed by atoms with Gasteiger partial charge >= 0.3 is 18.3 Å². The van der Waals surface area contributed by atoms with Gasteiger partial charge in [0.15, 0.2) is 11.6 Å². The van der Waals surface area contributed by atoms with Crippen molar-refractivity contribution in [1.29, 1.82) is 0 Å². The van der Waals surface area contributed by atoms with Gasteiger partial charge in [0, 0.05) is 29.6 Å². The van der Waals surface area contributed by atoms with E-state index in [0.29, 0.717) is 17.8 Å². The first-order valence-electron chi connectivity index (χ1n) is 10.6. The lowest BCUT2D eigenvalue weighted by atomic mass is 10.1. The van der Waals surface area contributed by atoms with Crippen LogP contribution >= 0.6 is 0 Å². The number of rotatable bonds is 6. The van der Waals surface area contributed by atoms with Gasteiger partial charge in [0.1, 0.15) is 0 Å². The molecule has 0 aliphatic rings. The first kappa shape index (κ1) is 26.6. The molecule has 0 aliphatic heterocycles. The van der Waals surface area contributed by atoms with Gasteiger partial charge in [-0.25, -0.2) is 18.3 Å². The van der Waals surface area contributed by atoms with Gasteiger partial charge in [-0.2, -0.15) is 31.4 Å². The molecule has 4 rings (SSSR count). The summed E-state index contributed by atoms with van der Waals surface area (Å²) in [6, 6.07) is 9.30. The predicted molar refractivity (Wildman–Crippen MR) is 120 cm³/mol. The highest BCUT2D eigenvalue weighted by Gasteiger charge is 2.37. The Labute approximate surface area is 208 Å². The minimum atomic E-state index is -5.04. The third kappa shape index (κ3) is 5.76. The third-order valence-corrected chi connectivity index (χ3v) is 5.43. The normalized spacial score (nSPS) is 12.0. The minimum Gasteiger partial charge on any atom is -0.478 e. The molecule has 38 heavy (non-hydrogen) atoms. The van der Waals surface area contributed by atoms with E-state index in [0.717, 1.165) is 12.1 Å². The van der Waals surface area contributed by atoms with Crippen LogP contribution in [0.4, 0.5) is 40.8 Å². The number of anilines is 1. The fraction of sp³-hybridized carbons (Fsp3) is 0.120. The van der Waals surface area contributed by atoms with Gasteiger partial charge in [0.2, 0.25) is 0 Å². The van der Waals surface area contributed by atoms with E-state index >= 15 is 0 Å². The highest BCUT2D eigenvalue weighted by atomic mass is 19.4. The molecule has 1 aromatic heterocycles. The van der Waals surface area contributed by atoms with E-state index < -0.39 is 46.8 Å². The largest absolute Gasteiger partial charge is 0.478 e.